The monoisotopic (exact) mass is 336 g/mol. The Hall–Kier alpha value is -0.480. The third-order valence-electron chi connectivity index (χ3n) is 3.30. The summed E-state index contributed by atoms with van der Waals surface area (Å²) in [4.78, 5) is 12.3. The van der Waals surface area contributed by atoms with Gasteiger partial charge >= 0.3 is 0 Å². The molecule has 1 nitrogen and oxygen atoms in total. The molecule has 1 aliphatic carbocycles. The summed E-state index contributed by atoms with van der Waals surface area (Å²) in [5, 5.41) is 0.367. The predicted octanol–water partition coefficient (Wildman–Crippen LogP) is 5.11. The van der Waals surface area contributed by atoms with E-state index in [1.165, 1.54) is 0 Å². The highest BCUT2D eigenvalue weighted by atomic mass is 79.9. The second-order valence-corrected chi connectivity index (χ2v) is 5.85. The van der Waals surface area contributed by atoms with Crippen LogP contribution in [0, 0.1) is 5.92 Å². The summed E-state index contributed by atoms with van der Waals surface area (Å²) in [5.41, 5.74) is 0.411. The van der Waals surface area contributed by atoms with Crippen molar-refractivity contribution in [3.05, 3.63) is 33.3 Å². The van der Waals surface area contributed by atoms with E-state index in [9.17, 15) is 13.6 Å². The summed E-state index contributed by atoms with van der Waals surface area (Å²) in [6.45, 7) is 0. The Morgan fingerprint density at radius 3 is 2.50 bits per heavy atom. The Morgan fingerprint density at radius 1 is 1.33 bits per heavy atom. The molecule has 1 aromatic rings. The Bertz CT molecular complexity index is 446. The number of benzene rings is 1. The van der Waals surface area contributed by atoms with E-state index in [-0.39, 0.29) is 37.4 Å². The van der Waals surface area contributed by atoms with Crippen LogP contribution in [0.4, 0.5) is 8.78 Å². The molecule has 98 valence electrons. The predicted molar refractivity (Wildman–Crippen MR) is 70.4 cm³/mol. The molecule has 1 fully saturated rings. The zero-order chi connectivity index (χ0) is 13.3. The molecule has 0 aromatic heterocycles. The number of carbonyl (C=O) groups excluding carboxylic acids is 1. The standard InChI is InChI=1S/C13H12BrClF2O/c14-9-2-1-3-10(15)11(9)12(18)8-4-6-13(16,17)7-5-8/h1-3,8H,4-7H2. The molecule has 0 bridgehead atoms. The van der Waals surface area contributed by atoms with Crippen LogP contribution in [0.3, 0.4) is 0 Å². The fourth-order valence-electron chi connectivity index (χ4n) is 2.24. The molecule has 1 aliphatic rings. The molecule has 0 radical (unpaired) electrons. The van der Waals surface area contributed by atoms with Gasteiger partial charge in [-0.05, 0) is 40.9 Å². The minimum absolute atomic E-state index is 0.136. The first-order valence-corrected chi connectivity index (χ1v) is 6.94. The number of Topliss-reactive ketones (excluding diaryl/α,β-unsaturated/α-hetero) is 1. The molecule has 0 saturated heterocycles. The van der Waals surface area contributed by atoms with Crippen LogP contribution in [0.1, 0.15) is 36.0 Å². The fourth-order valence-corrected chi connectivity index (χ4v) is 3.18. The molecule has 0 N–H and O–H groups in total. The number of halogens is 4. The summed E-state index contributed by atoms with van der Waals surface area (Å²) < 4.78 is 26.7. The molecule has 18 heavy (non-hydrogen) atoms. The highest BCUT2D eigenvalue weighted by Gasteiger charge is 2.38. The second-order valence-electron chi connectivity index (χ2n) is 4.59. The number of alkyl halides is 2. The molecule has 0 aliphatic heterocycles. The van der Waals surface area contributed by atoms with E-state index in [1.807, 2.05) is 0 Å². The van der Waals surface area contributed by atoms with Crippen LogP contribution < -0.4 is 0 Å². The third-order valence-corrected chi connectivity index (χ3v) is 4.27. The van der Waals surface area contributed by atoms with Gasteiger partial charge in [-0.2, -0.15) is 0 Å². The van der Waals surface area contributed by atoms with E-state index in [1.54, 1.807) is 18.2 Å². The third kappa shape index (κ3) is 2.91. The molecule has 0 heterocycles. The lowest BCUT2D eigenvalue weighted by atomic mass is 9.82. The summed E-state index contributed by atoms with van der Waals surface area (Å²) in [6.07, 6.45) is 0.0178. The van der Waals surface area contributed by atoms with Gasteiger partial charge in [0, 0.05) is 23.2 Å². The van der Waals surface area contributed by atoms with Crippen molar-refractivity contribution < 1.29 is 13.6 Å². The van der Waals surface area contributed by atoms with Gasteiger partial charge in [-0.3, -0.25) is 4.79 Å². The van der Waals surface area contributed by atoms with Crippen molar-refractivity contribution in [1.29, 1.82) is 0 Å². The summed E-state index contributed by atoms with van der Waals surface area (Å²) in [7, 11) is 0. The fraction of sp³-hybridized carbons (Fsp3) is 0.462. The van der Waals surface area contributed by atoms with Gasteiger partial charge < -0.3 is 0 Å². The van der Waals surface area contributed by atoms with Crippen LogP contribution in [0.2, 0.25) is 5.02 Å². The van der Waals surface area contributed by atoms with Crippen molar-refractivity contribution in [2.45, 2.75) is 31.6 Å². The van der Waals surface area contributed by atoms with Crippen LogP contribution in [0.5, 0.6) is 0 Å². The van der Waals surface area contributed by atoms with Gasteiger partial charge in [0.25, 0.3) is 0 Å². The van der Waals surface area contributed by atoms with Crippen molar-refractivity contribution in [1.82, 2.24) is 0 Å². The van der Waals surface area contributed by atoms with Gasteiger partial charge in [0.1, 0.15) is 0 Å². The van der Waals surface area contributed by atoms with Gasteiger partial charge in [-0.1, -0.05) is 17.7 Å². The normalized spacial score (nSPS) is 19.8. The van der Waals surface area contributed by atoms with Crippen LogP contribution in [0.25, 0.3) is 0 Å². The maximum Gasteiger partial charge on any atom is 0.248 e. The number of hydrogen-bond acceptors (Lipinski definition) is 1. The molecule has 1 aromatic carbocycles. The largest absolute Gasteiger partial charge is 0.294 e. The number of carbonyl (C=O) groups is 1. The van der Waals surface area contributed by atoms with Crippen LogP contribution in [-0.4, -0.2) is 11.7 Å². The molecular formula is C13H12BrClF2O. The lowest BCUT2D eigenvalue weighted by Gasteiger charge is -2.27. The van der Waals surface area contributed by atoms with Crippen LogP contribution in [0.15, 0.2) is 22.7 Å². The van der Waals surface area contributed by atoms with Crippen molar-refractivity contribution in [2.24, 2.45) is 5.92 Å². The molecule has 0 atom stereocenters. The SMILES string of the molecule is O=C(c1c(Cl)cccc1Br)C1CCC(F)(F)CC1. The first-order valence-electron chi connectivity index (χ1n) is 5.77. The Morgan fingerprint density at radius 2 is 1.94 bits per heavy atom. The number of ketones is 1. The van der Waals surface area contributed by atoms with E-state index in [0.717, 1.165) is 0 Å². The lowest BCUT2D eigenvalue weighted by Crippen LogP contribution is -2.29. The highest BCUT2D eigenvalue weighted by molar-refractivity contribution is 9.10. The van der Waals surface area contributed by atoms with Crippen LogP contribution >= 0.6 is 27.5 Å². The smallest absolute Gasteiger partial charge is 0.248 e. The average Bonchev–Trinajstić information content (AvgIpc) is 2.28. The zero-order valence-corrected chi connectivity index (χ0v) is 11.9. The van der Waals surface area contributed by atoms with Crippen molar-refractivity contribution in [3.63, 3.8) is 0 Å². The number of hydrogen-bond donors (Lipinski definition) is 0. The first-order chi connectivity index (χ1) is 8.41. The lowest BCUT2D eigenvalue weighted by molar-refractivity contribution is -0.0424. The molecule has 2 rings (SSSR count). The van der Waals surface area contributed by atoms with E-state index in [0.29, 0.717) is 15.1 Å². The molecule has 5 heteroatoms. The minimum Gasteiger partial charge on any atom is -0.294 e. The second kappa shape index (κ2) is 5.25. The van der Waals surface area contributed by atoms with E-state index >= 15 is 0 Å². The summed E-state index contributed by atoms with van der Waals surface area (Å²) in [6, 6.07) is 5.10. The Labute approximate surface area is 118 Å². The topological polar surface area (TPSA) is 17.1 Å². The van der Waals surface area contributed by atoms with Gasteiger partial charge in [0.2, 0.25) is 5.92 Å². The van der Waals surface area contributed by atoms with Crippen molar-refractivity contribution >= 4 is 33.3 Å². The Balaban J connectivity index is 2.18. The molecule has 0 unspecified atom stereocenters. The van der Waals surface area contributed by atoms with Gasteiger partial charge in [0.05, 0.1) is 10.6 Å². The van der Waals surface area contributed by atoms with Gasteiger partial charge in [-0.15, -0.1) is 0 Å². The summed E-state index contributed by atoms with van der Waals surface area (Å²) in [5.74, 6) is -3.10. The molecular weight excluding hydrogens is 325 g/mol. The van der Waals surface area contributed by atoms with Crippen LogP contribution in [-0.2, 0) is 0 Å². The van der Waals surface area contributed by atoms with Gasteiger partial charge in [0.15, 0.2) is 5.78 Å². The quantitative estimate of drug-likeness (QED) is 0.685. The molecule has 1 saturated carbocycles. The molecule has 0 amide bonds. The zero-order valence-electron chi connectivity index (χ0n) is 9.56. The minimum atomic E-state index is -2.62. The summed E-state index contributed by atoms with van der Waals surface area (Å²) >= 11 is 9.28. The highest BCUT2D eigenvalue weighted by Crippen LogP contribution is 2.39. The first kappa shape index (κ1) is 13.9. The van der Waals surface area contributed by atoms with Crippen molar-refractivity contribution in [3.8, 4) is 0 Å². The maximum atomic E-state index is 13.1. The Kier molecular flexibility index (Phi) is 4.07. The average molecular weight is 338 g/mol. The van der Waals surface area contributed by atoms with E-state index in [2.05, 4.69) is 15.9 Å². The van der Waals surface area contributed by atoms with Crippen molar-refractivity contribution in [2.75, 3.05) is 0 Å². The van der Waals surface area contributed by atoms with E-state index in [4.69, 9.17) is 11.6 Å². The maximum absolute atomic E-state index is 13.1. The molecule has 0 spiro atoms. The van der Waals surface area contributed by atoms with E-state index < -0.39 is 5.92 Å². The number of rotatable bonds is 2. The van der Waals surface area contributed by atoms with Gasteiger partial charge in [-0.25, -0.2) is 8.78 Å².